The van der Waals surface area contributed by atoms with Crippen molar-refractivity contribution in [2.24, 2.45) is 0 Å². The molecular weight excluding hydrogens is 476 g/mol. The second-order valence-electron chi connectivity index (χ2n) is 7.90. The summed E-state index contributed by atoms with van der Waals surface area (Å²) in [7, 11) is 0. The van der Waals surface area contributed by atoms with Crippen LogP contribution in [0.3, 0.4) is 0 Å². The van der Waals surface area contributed by atoms with Gasteiger partial charge in [0.05, 0.1) is 0 Å². The van der Waals surface area contributed by atoms with Gasteiger partial charge in [-0.1, -0.05) is 91.0 Å². The number of carbonyl (C=O) groups is 4. The quantitative estimate of drug-likeness (QED) is 0.314. The normalized spacial score (nSPS) is 10.9. The number of alkyl carbamates (subject to hydrolysis) is 1. The third-order valence-electron chi connectivity index (χ3n) is 5.06. The van der Waals surface area contributed by atoms with Crippen LogP contribution >= 0.6 is 0 Å². The van der Waals surface area contributed by atoms with Crippen LogP contribution < -0.4 is 21.5 Å². The molecule has 0 heterocycles. The molecule has 0 spiro atoms. The van der Waals surface area contributed by atoms with Gasteiger partial charge in [-0.3, -0.25) is 15.0 Å². The number of ether oxygens (including phenoxy) is 2. The van der Waals surface area contributed by atoms with Gasteiger partial charge < -0.3 is 20.1 Å². The van der Waals surface area contributed by atoms with Gasteiger partial charge in [-0.15, -0.1) is 0 Å². The molecule has 3 rings (SSSR count). The van der Waals surface area contributed by atoms with Crippen LogP contribution in [-0.4, -0.2) is 36.6 Å². The summed E-state index contributed by atoms with van der Waals surface area (Å²) >= 11 is 0. The SMILES string of the molecule is O=C(COC(=O)NNC(=O)[C@@H](Cc1ccccc1)NC(=O)OCc1ccccc1)NCc1ccccc1. The lowest BCUT2D eigenvalue weighted by Gasteiger charge is -2.18. The summed E-state index contributed by atoms with van der Waals surface area (Å²) in [6.45, 7) is -0.218. The molecule has 0 saturated carbocycles. The molecular formula is C27H28N4O6. The van der Waals surface area contributed by atoms with E-state index in [-0.39, 0.29) is 19.6 Å². The summed E-state index contributed by atoms with van der Waals surface area (Å²) < 4.78 is 10.0. The molecule has 0 saturated heterocycles. The first kappa shape index (κ1) is 26.7. The van der Waals surface area contributed by atoms with Crippen LogP contribution in [0.15, 0.2) is 91.0 Å². The fourth-order valence-corrected chi connectivity index (χ4v) is 3.18. The van der Waals surface area contributed by atoms with Crippen molar-refractivity contribution < 1.29 is 28.7 Å². The van der Waals surface area contributed by atoms with Crippen molar-refractivity contribution in [3.63, 3.8) is 0 Å². The number of carbonyl (C=O) groups excluding carboxylic acids is 4. The van der Waals surface area contributed by atoms with Crippen molar-refractivity contribution in [3.8, 4) is 0 Å². The topological polar surface area (TPSA) is 135 Å². The van der Waals surface area contributed by atoms with Gasteiger partial charge in [-0.25, -0.2) is 15.0 Å². The summed E-state index contributed by atoms with van der Waals surface area (Å²) in [4.78, 5) is 48.9. The summed E-state index contributed by atoms with van der Waals surface area (Å²) in [5.74, 6) is -1.21. The third kappa shape index (κ3) is 10.1. The summed E-state index contributed by atoms with van der Waals surface area (Å²) in [6, 6.07) is 26.3. The highest BCUT2D eigenvalue weighted by molar-refractivity contribution is 5.87. The predicted molar refractivity (Wildman–Crippen MR) is 135 cm³/mol. The molecule has 0 radical (unpaired) electrons. The first-order valence-corrected chi connectivity index (χ1v) is 11.5. The standard InChI is InChI=1S/C27H28N4O6/c32-24(28-17-21-12-6-2-7-13-21)19-37-27(35)31-30-25(33)23(16-20-10-4-1-5-11-20)29-26(34)36-18-22-14-8-3-9-15-22/h1-15,23H,16-19H2,(H,28,32)(H,29,34)(H,30,33)(H,31,35)/t23-/m1/s1. The average Bonchev–Trinajstić information content (AvgIpc) is 2.94. The Bertz CT molecular complexity index is 1160. The molecule has 4 N–H and O–H groups in total. The Kier molecular flexibility index (Phi) is 10.5. The lowest BCUT2D eigenvalue weighted by atomic mass is 10.1. The van der Waals surface area contributed by atoms with E-state index in [2.05, 4.69) is 21.5 Å². The van der Waals surface area contributed by atoms with Gasteiger partial charge in [0.2, 0.25) is 0 Å². The minimum atomic E-state index is -1.06. The van der Waals surface area contributed by atoms with Crippen LogP contribution in [0.1, 0.15) is 16.7 Å². The molecule has 0 aliphatic carbocycles. The molecule has 4 amide bonds. The molecule has 0 unspecified atom stereocenters. The van der Waals surface area contributed by atoms with Crippen LogP contribution in [-0.2, 0) is 38.6 Å². The molecule has 10 nitrogen and oxygen atoms in total. The maximum absolute atomic E-state index is 12.7. The highest BCUT2D eigenvalue weighted by Crippen LogP contribution is 2.05. The molecule has 10 heteroatoms. The van der Waals surface area contributed by atoms with E-state index >= 15 is 0 Å². The van der Waals surface area contributed by atoms with E-state index in [1.54, 1.807) is 36.4 Å². The maximum atomic E-state index is 12.7. The van der Waals surface area contributed by atoms with Crippen LogP contribution in [0.4, 0.5) is 9.59 Å². The van der Waals surface area contributed by atoms with E-state index in [1.165, 1.54) is 0 Å². The Labute approximate surface area is 214 Å². The molecule has 0 aliphatic rings. The molecule has 37 heavy (non-hydrogen) atoms. The Morgan fingerprint density at radius 3 is 1.84 bits per heavy atom. The van der Waals surface area contributed by atoms with Crippen LogP contribution in [0.2, 0.25) is 0 Å². The van der Waals surface area contributed by atoms with Gasteiger partial charge in [0.15, 0.2) is 6.61 Å². The van der Waals surface area contributed by atoms with E-state index < -0.39 is 36.6 Å². The zero-order chi connectivity index (χ0) is 26.3. The van der Waals surface area contributed by atoms with Crippen molar-refractivity contribution in [3.05, 3.63) is 108 Å². The number of nitrogens with one attached hydrogen (secondary N) is 4. The van der Waals surface area contributed by atoms with Gasteiger partial charge in [0, 0.05) is 13.0 Å². The maximum Gasteiger partial charge on any atom is 0.426 e. The fraction of sp³-hybridized carbons (Fsp3) is 0.185. The molecule has 3 aromatic carbocycles. The zero-order valence-corrected chi connectivity index (χ0v) is 20.0. The number of amides is 4. The Morgan fingerprint density at radius 2 is 1.22 bits per heavy atom. The van der Waals surface area contributed by atoms with Gasteiger partial charge in [-0.05, 0) is 16.7 Å². The Hall–Kier alpha value is -4.86. The van der Waals surface area contributed by atoms with E-state index in [0.717, 1.165) is 16.7 Å². The second kappa shape index (κ2) is 14.5. The number of hydrogen-bond donors (Lipinski definition) is 4. The summed E-state index contributed by atoms with van der Waals surface area (Å²) in [6.07, 6.45) is -1.68. The second-order valence-corrected chi connectivity index (χ2v) is 7.90. The van der Waals surface area contributed by atoms with Crippen LogP contribution in [0.25, 0.3) is 0 Å². The first-order valence-electron chi connectivity index (χ1n) is 11.5. The number of benzene rings is 3. The minimum Gasteiger partial charge on any atom is -0.445 e. The van der Waals surface area contributed by atoms with Gasteiger partial charge in [-0.2, -0.15) is 0 Å². The highest BCUT2D eigenvalue weighted by atomic mass is 16.6. The molecule has 0 aliphatic heterocycles. The fourth-order valence-electron chi connectivity index (χ4n) is 3.18. The van der Waals surface area contributed by atoms with Crippen LogP contribution in [0.5, 0.6) is 0 Å². The van der Waals surface area contributed by atoms with E-state index in [1.807, 2.05) is 54.6 Å². The first-order chi connectivity index (χ1) is 18.0. The molecule has 0 aromatic heterocycles. The van der Waals surface area contributed by atoms with E-state index in [0.29, 0.717) is 0 Å². The largest absolute Gasteiger partial charge is 0.445 e. The summed E-state index contributed by atoms with van der Waals surface area (Å²) in [5.41, 5.74) is 6.74. The van der Waals surface area contributed by atoms with Gasteiger partial charge in [0.1, 0.15) is 12.6 Å². The number of hydrazine groups is 1. The van der Waals surface area contributed by atoms with Gasteiger partial charge in [0.25, 0.3) is 11.8 Å². The van der Waals surface area contributed by atoms with Crippen molar-refractivity contribution in [1.82, 2.24) is 21.5 Å². The van der Waals surface area contributed by atoms with E-state index in [9.17, 15) is 19.2 Å². The smallest absolute Gasteiger partial charge is 0.426 e. The number of hydrogen-bond acceptors (Lipinski definition) is 6. The molecule has 0 bridgehead atoms. The average molecular weight is 505 g/mol. The van der Waals surface area contributed by atoms with Gasteiger partial charge >= 0.3 is 12.2 Å². The lowest BCUT2D eigenvalue weighted by Crippen LogP contribution is -2.53. The Balaban J connectivity index is 1.45. The highest BCUT2D eigenvalue weighted by Gasteiger charge is 2.23. The zero-order valence-electron chi connectivity index (χ0n) is 20.0. The van der Waals surface area contributed by atoms with Crippen molar-refractivity contribution in [2.45, 2.75) is 25.6 Å². The molecule has 192 valence electrons. The molecule has 3 aromatic rings. The summed E-state index contributed by atoms with van der Waals surface area (Å²) in [5, 5.41) is 5.13. The minimum absolute atomic E-state index is 0.0310. The number of rotatable bonds is 10. The third-order valence-corrected chi connectivity index (χ3v) is 5.06. The Morgan fingerprint density at radius 1 is 0.649 bits per heavy atom. The molecule has 0 fully saturated rings. The van der Waals surface area contributed by atoms with Crippen LogP contribution in [0, 0.1) is 0 Å². The van der Waals surface area contributed by atoms with Crippen molar-refractivity contribution in [1.29, 1.82) is 0 Å². The predicted octanol–water partition coefficient (Wildman–Crippen LogP) is 2.60. The van der Waals surface area contributed by atoms with E-state index in [4.69, 9.17) is 9.47 Å². The van der Waals surface area contributed by atoms with Crippen molar-refractivity contribution >= 4 is 24.0 Å². The molecule has 1 atom stereocenters. The van der Waals surface area contributed by atoms with Crippen molar-refractivity contribution in [2.75, 3.05) is 6.61 Å². The lowest BCUT2D eigenvalue weighted by molar-refractivity contribution is -0.124. The monoisotopic (exact) mass is 504 g/mol.